The van der Waals surface area contributed by atoms with Crippen LogP contribution >= 0.6 is 0 Å². The van der Waals surface area contributed by atoms with Gasteiger partial charge in [0.2, 0.25) is 11.8 Å². The first kappa shape index (κ1) is 19.0. The summed E-state index contributed by atoms with van der Waals surface area (Å²) in [4.78, 5) is 36.0. The van der Waals surface area contributed by atoms with Crippen molar-refractivity contribution < 1.29 is 18.4 Å². The van der Waals surface area contributed by atoms with E-state index >= 15 is 4.39 Å². The standard InChI is InChI=1S/C22H18FN5O3/c1-24-21(30)15-10-26-19(28-20(29)11-5-6-11)18-14(15)9-16(27-18)12-3-2-4-13(17(12)23)22-25-7-8-31-22/h2-4,7-11,27H,5-6H2,1H3,(H,24,30)(H,26,28,29). The number of benzene rings is 1. The van der Waals surface area contributed by atoms with Gasteiger partial charge in [0.15, 0.2) is 5.82 Å². The molecule has 3 heterocycles. The molecule has 0 saturated heterocycles. The first-order chi connectivity index (χ1) is 15.1. The van der Waals surface area contributed by atoms with Crippen molar-refractivity contribution in [1.82, 2.24) is 20.3 Å². The van der Waals surface area contributed by atoms with Gasteiger partial charge in [-0.3, -0.25) is 9.59 Å². The average Bonchev–Trinajstić information content (AvgIpc) is 3.30. The predicted molar refractivity (Wildman–Crippen MR) is 112 cm³/mol. The number of hydrogen-bond acceptors (Lipinski definition) is 5. The van der Waals surface area contributed by atoms with Crippen molar-refractivity contribution in [3.63, 3.8) is 0 Å². The van der Waals surface area contributed by atoms with Gasteiger partial charge in [-0.25, -0.2) is 14.4 Å². The monoisotopic (exact) mass is 419 g/mol. The second-order valence-electron chi connectivity index (χ2n) is 7.34. The van der Waals surface area contributed by atoms with E-state index in [0.717, 1.165) is 12.8 Å². The number of carbonyl (C=O) groups is 2. The van der Waals surface area contributed by atoms with E-state index in [-0.39, 0.29) is 34.7 Å². The number of aromatic nitrogens is 3. The molecule has 1 fully saturated rings. The van der Waals surface area contributed by atoms with Gasteiger partial charge in [-0.05, 0) is 31.0 Å². The number of aromatic amines is 1. The molecule has 31 heavy (non-hydrogen) atoms. The molecule has 0 aliphatic heterocycles. The summed E-state index contributed by atoms with van der Waals surface area (Å²) in [5.41, 5.74) is 1.68. The highest BCUT2D eigenvalue weighted by molar-refractivity contribution is 6.11. The highest BCUT2D eigenvalue weighted by atomic mass is 19.1. The maximum absolute atomic E-state index is 15.3. The lowest BCUT2D eigenvalue weighted by molar-refractivity contribution is -0.117. The van der Waals surface area contributed by atoms with Gasteiger partial charge in [0.1, 0.15) is 12.1 Å². The Bertz CT molecular complexity index is 1310. The molecule has 0 spiro atoms. The summed E-state index contributed by atoms with van der Waals surface area (Å²) in [6, 6.07) is 6.55. The minimum atomic E-state index is -0.519. The van der Waals surface area contributed by atoms with E-state index in [4.69, 9.17) is 4.42 Å². The Morgan fingerprint density at radius 3 is 2.74 bits per heavy atom. The smallest absolute Gasteiger partial charge is 0.253 e. The second kappa shape index (κ2) is 7.35. The van der Waals surface area contributed by atoms with Crippen molar-refractivity contribution in [3.05, 3.63) is 54.3 Å². The lowest BCUT2D eigenvalue weighted by Gasteiger charge is -2.07. The fourth-order valence-electron chi connectivity index (χ4n) is 3.50. The molecule has 8 nitrogen and oxygen atoms in total. The molecule has 1 aromatic carbocycles. The number of pyridine rings is 1. The van der Waals surface area contributed by atoms with Crippen LogP contribution in [0.15, 0.2) is 47.3 Å². The minimum Gasteiger partial charge on any atom is -0.444 e. The number of anilines is 1. The van der Waals surface area contributed by atoms with Crippen molar-refractivity contribution in [2.24, 2.45) is 5.92 Å². The Hall–Kier alpha value is -4.01. The van der Waals surface area contributed by atoms with Crippen molar-refractivity contribution in [2.45, 2.75) is 12.8 Å². The fraction of sp³-hybridized carbons (Fsp3) is 0.182. The van der Waals surface area contributed by atoms with Crippen LogP contribution in [0.3, 0.4) is 0 Å². The van der Waals surface area contributed by atoms with Crippen molar-refractivity contribution >= 4 is 28.5 Å². The highest BCUT2D eigenvalue weighted by Crippen LogP contribution is 2.35. The quantitative estimate of drug-likeness (QED) is 0.456. The zero-order chi connectivity index (χ0) is 21.5. The molecule has 3 aromatic heterocycles. The lowest BCUT2D eigenvalue weighted by atomic mass is 10.1. The number of H-pyrrole nitrogens is 1. The van der Waals surface area contributed by atoms with Gasteiger partial charge >= 0.3 is 0 Å². The summed E-state index contributed by atoms with van der Waals surface area (Å²) in [5.74, 6) is -0.517. The Morgan fingerprint density at radius 1 is 1.23 bits per heavy atom. The van der Waals surface area contributed by atoms with Gasteiger partial charge < -0.3 is 20.0 Å². The van der Waals surface area contributed by atoms with Gasteiger partial charge in [-0.2, -0.15) is 0 Å². The lowest BCUT2D eigenvalue weighted by Crippen LogP contribution is -2.19. The van der Waals surface area contributed by atoms with Crippen LogP contribution in [0.5, 0.6) is 0 Å². The highest BCUT2D eigenvalue weighted by Gasteiger charge is 2.30. The molecular weight excluding hydrogens is 401 g/mol. The number of amides is 2. The molecule has 0 radical (unpaired) electrons. The molecule has 0 atom stereocenters. The molecule has 1 saturated carbocycles. The Labute approximate surface area is 175 Å². The Morgan fingerprint density at radius 2 is 2.03 bits per heavy atom. The molecule has 4 aromatic rings. The van der Waals surface area contributed by atoms with Gasteiger partial charge in [0.05, 0.1) is 22.8 Å². The van der Waals surface area contributed by atoms with Crippen LogP contribution in [0.25, 0.3) is 33.6 Å². The molecule has 9 heteroatoms. The molecule has 3 N–H and O–H groups in total. The van der Waals surface area contributed by atoms with Crippen molar-refractivity contribution in [1.29, 1.82) is 0 Å². The summed E-state index contributed by atoms with van der Waals surface area (Å²) >= 11 is 0. The zero-order valence-electron chi connectivity index (χ0n) is 16.5. The Kier molecular flexibility index (Phi) is 4.50. The number of hydrogen-bond donors (Lipinski definition) is 3. The van der Waals surface area contributed by atoms with Crippen LogP contribution in [0.2, 0.25) is 0 Å². The normalized spacial score (nSPS) is 13.4. The summed E-state index contributed by atoms with van der Waals surface area (Å²) in [6.07, 6.45) is 5.92. The van der Waals surface area contributed by atoms with Gasteiger partial charge in [0.25, 0.3) is 5.91 Å². The second-order valence-corrected chi connectivity index (χ2v) is 7.34. The van der Waals surface area contributed by atoms with Crippen LogP contribution < -0.4 is 10.6 Å². The van der Waals surface area contributed by atoms with Crippen molar-refractivity contribution in [2.75, 3.05) is 12.4 Å². The number of oxazole rings is 1. The molecule has 0 unspecified atom stereocenters. The summed E-state index contributed by atoms with van der Waals surface area (Å²) in [7, 11) is 1.52. The van der Waals surface area contributed by atoms with Gasteiger partial charge in [-0.1, -0.05) is 6.07 Å². The summed E-state index contributed by atoms with van der Waals surface area (Å²) < 4.78 is 20.6. The number of nitrogens with one attached hydrogen (secondary N) is 3. The molecule has 1 aliphatic carbocycles. The summed E-state index contributed by atoms with van der Waals surface area (Å²) in [6.45, 7) is 0. The van der Waals surface area contributed by atoms with Crippen LogP contribution in [0.1, 0.15) is 23.2 Å². The van der Waals surface area contributed by atoms with Gasteiger partial charge in [0, 0.05) is 35.8 Å². The molecule has 2 amide bonds. The number of carbonyl (C=O) groups excluding carboxylic acids is 2. The van der Waals surface area contributed by atoms with Crippen molar-refractivity contribution in [3.8, 4) is 22.7 Å². The van der Waals surface area contributed by atoms with E-state index < -0.39 is 5.82 Å². The third kappa shape index (κ3) is 3.33. The Balaban J connectivity index is 1.65. The van der Waals surface area contributed by atoms with Crippen LogP contribution in [0.4, 0.5) is 10.2 Å². The molecule has 156 valence electrons. The average molecular weight is 419 g/mol. The van der Waals surface area contributed by atoms with E-state index in [2.05, 4.69) is 25.6 Å². The largest absolute Gasteiger partial charge is 0.444 e. The number of halogens is 1. The van der Waals surface area contributed by atoms with E-state index in [1.807, 2.05) is 0 Å². The minimum absolute atomic E-state index is 0.0141. The summed E-state index contributed by atoms with van der Waals surface area (Å²) in [5, 5.41) is 5.91. The van der Waals surface area contributed by atoms with Crippen LogP contribution in [-0.4, -0.2) is 33.8 Å². The molecular formula is C22H18FN5O3. The van der Waals surface area contributed by atoms with Crippen LogP contribution in [0, 0.1) is 11.7 Å². The molecule has 5 rings (SSSR count). The van der Waals surface area contributed by atoms with E-state index in [1.165, 1.54) is 25.7 Å². The van der Waals surface area contributed by atoms with E-state index in [9.17, 15) is 9.59 Å². The third-order valence-electron chi connectivity index (χ3n) is 5.28. The van der Waals surface area contributed by atoms with E-state index in [0.29, 0.717) is 28.0 Å². The number of fused-ring (bicyclic) bond motifs is 1. The third-order valence-corrected chi connectivity index (χ3v) is 5.28. The fourth-order valence-corrected chi connectivity index (χ4v) is 3.50. The first-order valence-electron chi connectivity index (χ1n) is 9.80. The maximum Gasteiger partial charge on any atom is 0.253 e. The maximum atomic E-state index is 15.3. The zero-order valence-corrected chi connectivity index (χ0v) is 16.5. The number of rotatable bonds is 5. The SMILES string of the molecule is CNC(=O)c1cnc(NC(=O)C2CC2)c2[nH]c(-c3cccc(-c4ncco4)c3F)cc12. The molecule has 0 bridgehead atoms. The first-order valence-corrected chi connectivity index (χ1v) is 9.80. The predicted octanol–water partition coefficient (Wildman–Crippen LogP) is 3.73. The van der Waals surface area contributed by atoms with E-state index in [1.54, 1.807) is 24.3 Å². The van der Waals surface area contributed by atoms with Gasteiger partial charge in [-0.15, -0.1) is 0 Å². The topological polar surface area (TPSA) is 113 Å². The number of nitrogens with zero attached hydrogens (tertiary/aromatic N) is 2. The molecule has 1 aliphatic rings. The van der Waals surface area contributed by atoms with Crippen LogP contribution in [-0.2, 0) is 4.79 Å².